The highest BCUT2D eigenvalue weighted by molar-refractivity contribution is 7.22. The van der Waals surface area contributed by atoms with Crippen molar-refractivity contribution in [1.29, 1.82) is 0 Å². The molecule has 3 aromatic rings. The Morgan fingerprint density at radius 2 is 1.74 bits per heavy atom. The zero-order valence-corrected chi connectivity index (χ0v) is 16.0. The molecule has 1 aromatic heterocycles. The highest BCUT2D eigenvalue weighted by Gasteiger charge is 2.18. The molecule has 0 aliphatic carbocycles. The number of hydrogen-bond donors (Lipinski definition) is 3. The van der Waals surface area contributed by atoms with E-state index >= 15 is 0 Å². The molecule has 0 saturated heterocycles. The van der Waals surface area contributed by atoms with Gasteiger partial charge in [0.15, 0.2) is 5.13 Å². The molecular formula is C19H20N4O3S. The van der Waals surface area contributed by atoms with Crippen LogP contribution < -0.4 is 16.4 Å². The van der Waals surface area contributed by atoms with E-state index in [2.05, 4.69) is 15.6 Å². The van der Waals surface area contributed by atoms with Crippen LogP contribution in [0.25, 0.3) is 10.2 Å². The molecule has 140 valence electrons. The molecule has 0 aliphatic heterocycles. The molecule has 0 aliphatic rings. The van der Waals surface area contributed by atoms with Gasteiger partial charge in [-0.05, 0) is 51.1 Å². The molecule has 0 fully saturated rings. The lowest BCUT2D eigenvalue weighted by Gasteiger charge is -2.20. The molecule has 7 nitrogen and oxygen atoms in total. The van der Waals surface area contributed by atoms with Crippen LogP contribution >= 0.6 is 11.3 Å². The van der Waals surface area contributed by atoms with E-state index in [1.807, 2.05) is 0 Å². The topological polar surface area (TPSA) is 106 Å². The molecule has 2 aromatic carbocycles. The van der Waals surface area contributed by atoms with E-state index in [4.69, 9.17) is 10.5 Å². The first-order chi connectivity index (χ1) is 12.7. The van der Waals surface area contributed by atoms with Gasteiger partial charge < -0.3 is 15.8 Å². The first-order valence-corrected chi connectivity index (χ1v) is 9.09. The minimum Gasteiger partial charge on any atom is -0.444 e. The number of anilines is 3. The van der Waals surface area contributed by atoms with Gasteiger partial charge in [-0.1, -0.05) is 23.5 Å². The molecule has 1 heterocycles. The fourth-order valence-corrected chi connectivity index (χ4v) is 3.17. The first-order valence-electron chi connectivity index (χ1n) is 8.28. The standard InChI is InChI=1S/C19H20N4O3S/c1-19(2,3)26-18(25)23-13-7-5-4-6-12(13)21-16(24)11-8-9-14-15(10-11)27-17(20)22-14/h4-10H,1-3H3,(H2,20,22)(H,21,24)(H,23,25). The van der Waals surface area contributed by atoms with Crippen molar-refractivity contribution >= 4 is 50.1 Å². The van der Waals surface area contributed by atoms with E-state index in [1.165, 1.54) is 11.3 Å². The Morgan fingerprint density at radius 3 is 2.41 bits per heavy atom. The smallest absolute Gasteiger partial charge is 0.412 e. The van der Waals surface area contributed by atoms with Crippen molar-refractivity contribution < 1.29 is 14.3 Å². The van der Waals surface area contributed by atoms with Crippen molar-refractivity contribution in [2.75, 3.05) is 16.4 Å². The molecular weight excluding hydrogens is 364 g/mol. The van der Waals surface area contributed by atoms with Gasteiger partial charge in [-0.15, -0.1) is 0 Å². The predicted molar refractivity (Wildman–Crippen MR) is 108 cm³/mol. The zero-order chi connectivity index (χ0) is 19.6. The molecule has 0 radical (unpaired) electrons. The molecule has 0 spiro atoms. The van der Waals surface area contributed by atoms with E-state index in [9.17, 15) is 9.59 Å². The lowest BCUT2D eigenvalue weighted by molar-refractivity contribution is 0.0635. The molecule has 0 atom stereocenters. The first kappa shape index (κ1) is 18.7. The number of fused-ring (bicyclic) bond motifs is 1. The van der Waals surface area contributed by atoms with Gasteiger partial charge in [0.05, 0.1) is 21.6 Å². The number of hydrogen-bond acceptors (Lipinski definition) is 6. The number of para-hydroxylation sites is 2. The van der Waals surface area contributed by atoms with Crippen LogP contribution in [0.15, 0.2) is 42.5 Å². The molecule has 3 rings (SSSR count). The summed E-state index contributed by atoms with van der Waals surface area (Å²) in [5.41, 5.74) is 7.23. The van der Waals surface area contributed by atoms with Gasteiger partial charge in [0.2, 0.25) is 0 Å². The monoisotopic (exact) mass is 384 g/mol. The van der Waals surface area contributed by atoms with E-state index in [-0.39, 0.29) is 5.91 Å². The van der Waals surface area contributed by atoms with E-state index < -0.39 is 11.7 Å². The average Bonchev–Trinajstić information content (AvgIpc) is 2.94. The van der Waals surface area contributed by atoms with Crippen molar-refractivity contribution in [3.8, 4) is 0 Å². The number of nitrogens with one attached hydrogen (secondary N) is 2. The van der Waals surface area contributed by atoms with Crippen LogP contribution in [-0.4, -0.2) is 22.6 Å². The van der Waals surface area contributed by atoms with Crippen molar-refractivity contribution in [2.45, 2.75) is 26.4 Å². The van der Waals surface area contributed by atoms with Gasteiger partial charge >= 0.3 is 6.09 Å². The van der Waals surface area contributed by atoms with E-state index in [1.54, 1.807) is 63.2 Å². The molecule has 2 amide bonds. The van der Waals surface area contributed by atoms with Crippen molar-refractivity contribution in [1.82, 2.24) is 4.98 Å². The Hall–Kier alpha value is -3.13. The van der Waals surface area contributed by atoms with Crippen LogP contribution in [0, 0.1) is 0 Å². The summed E-state index contributed by atoms with van der Waals surface area (Å²) in [6.45, 7) is 5.34. The maximum atomic E-state index is 12.6. The minimum atomic E-state index is -0.617. The van der Waals surface area contributed by atoms with Crippen molar-refractivity contribution in [3.63, 3.8) is 0 Å². The van der Waals surface area contributed by atoms with Gasteiger partial charge in [0, 0.05) is 5.56 Å². The molecule has 0 unspecified atom stereocenters. The number of amides is 2. The summed E-state index contributed by atoms with van der Waals surface area (Å²) in [7, 11) is 0. The van der Waals surface area contributed by atoms with Crippen LogP contribution in [0.5, 0.6) is 0 Å². The minimum absolute atomic E-state index is 0.303. The largest absolute Gasteiger partial charge is 0.444 e. The van der Waals surface area contributed by atoms with Crippen molar-refractivity contribution in [2.24, 2.45) is 0 Å². The molecule has 4 N–H and O–H groups in total. The number of carbonyl (C=O) groups is 2. The summed E-state index contributed by atoms with van der Waals surface area (Å²) < 4.78 is 6.09. The normalized spacial score (nSPS) is 11.2. The SMILES string of the molecule is CC(C)(C)OC(=O)Nc1ccccc1NC(=O)c1ccc2nc(N)sc2c1. The number of nitrogen functional groups attached to an aromatic ring is 1. The highest BCUT2D eigenvalue weighted by atomic mass is 32.1. The molecule has 0 saturated carbocycles. The number of nitrogens with zero attached hydrogens (tertiary/aromatic N) is 1. The summed E-state index contributed by atoms with van der Waals surface area (Å²) in [5.74, 6) is -0.303. The number of benzene rings is 2. The second-order valence-electron chi connectivity index (χ2n) is 6.86. The van der Waals surface area contributed by atoms with E-state index in [0.717, 1.165) is 10.2 Å². The van der Waals surface area contributed by atoms with Gasteiger partial charge in [-0.25, -0.2) is 9.78 Å². The zero-order valence-electron chi connectivity index (χ0n) is 15.2. The summed E-state index contributed by atoms with van der Waals surface area (Å²) in [6.07, 6.45) is -0.592. The van der Waals surface area contributed by atoms with Crippen LogP contribution in [0.3, 0.4) is 0 Å². The molecule has 27 heavy (non-hydrogen) atoms. The maximum Gasteiger partial charge on any atom is 0.412 e. The Balaban J connectivity index is 1.78. The molecule has 0 bridgehead atoms. The maximum absolute atomic E-state index is 12.6. The van der Waals surface area contributed by atoms with Gasteiger partial charge in [0.25, 0.3) is 5.91 Å². The number of thiazole rings is 1. The van der Waals surface area contributed by atoms with Crippen LogP contribution in [0.4, 0.5) is 21.3 Å². The third-order valence-corrected chi connectivity index (χ3v) is 4.33. The number of rotatable bonds is 3. The Labute approximate surface area is 160 Å². The third-order valence-electron chi connectivity index (χ3n) is 3.48. The fraction of sp³-hybridized carbons (Fsp3) is 0.211. The van der Waals surface area contributed by atoms with Gasteiger partial charge in [-0.3, -0.25) is 10.1 Å². The Kier molecular flexibility index (Phi) is 5.00. The number of nitrogens with two attached hydrogens (primary N) is 1. The van der Waals surface area contributed by atoms with Gasteiger partial charge in [-0.2, -0.15) is 0 Å². The molecule has 8 heteroatoms. The lowest BCUT2D eigenvalue weighted by atomic mass is 10.2. The third kappa shape index (κ3) is 4.73. The predicted octanol–water partition coefficient (Wildman–Crippen LogP) is 4.48. The summed E-state index contributed by atoms with van der Waals surface area (Å²) in [5, 5.41) is 5.92. The van der Waals surface area contributed by atoms with Crippen LogP contribution in [-0.2, 0) is 4.74 Å². The van der Waals surface area contributed by atoms with Crippen LogP contribution in [0.2, 0.25) is 0 Å². The van der Waals surface area contributed by atoms with Crippen molar-refractivity contribution in [3.05, 3.63) is 48.0 Å². The summed E-state index contributed by atoms with van der Waals surface area (Å²) >= 11 is 1.32. The number of aromatic nitrogens is 1. The summed E-state index contributed by atoms with van der Waals surface area (Å²) in [6, 6.07) is 12.1. The fourth-order valence-electron chi connectivity index (χ4n) is 2.39. The number of carbonyl (C=O) groups excluding carboxylic acids is 2. The quantitative estimate of drug-likeness (QED) is 0.617. The Morgan fingerprint density at radius 1 is 1.07 bits per heavy atom. The number of ether oxygens (including phenoxy) is 1. The van der Waals surface area contributed by atoms with Gasteiger partial charge in [0.1, 0.15) is 5.60 Å². The lowest BCUT2D eigenvalue weighted by Crippen LogP contribution is -2.27. The van der Waals surface area contributed by atoms with Crippen LogP contribution in [0.1, 0.15) is 31.1 Å². The van der Waals surface area contributed by atoms with E-state index in [0.29, 0.717) is 22.1 Å². The second-order valence-corrected chi connectivity index (χ2v) is 7.92. The average molecular weight is 384 g/mol. The second kappa shape index (κ2) is 7.24. The Bertz CT molecular complexity index is 1010. The highest BCUT2D eigenvalue weighted by Crippen LogP contribution is 2.26. The summed E-state index contributed by atoms with van der Waals surface area (Å²) in [4.78, 5) is 28.8.